The third-order valence-electron chi connectivity index (χ3n) is 5.15. The number of aromatic nitrogens is 3. The van der Waals surface area contributed by atoms with Gasteiger partial charge in [-0.3, -0.25) is 10.2 Å². The van der Waals surface area contributed by atoms with Crippen LogP contribution in [-0.4, -0.2) is 21.2 Å². The molecule has 2 N–H and O–H groups in total. The van der Waals surface area contributed by atoms with Gasteiger partial charge < -0.3 is 4.98 Å². The second-order valence-corrected chi connectivity index (χ2v) is 8.21. The van der Waals surface area contributed by atoms with E-state index in [2.05, 4.69) is 25.5 Å². The summed E-state index contributed by atoms with van der Waals surface area (Å²) < 4.78 is 0. The molecule has 1 aromatic carbocycles. The van der Waals surface area contributed by atoms with E-state index in [1.165, 1.54) is 23.3 Å². The van der Waals surface area contributed by atoms with Crippen LogP contribution in [-0.2, 0) is 12.8 Å². The lowest BCUT2D eigenvalue weighted by atomic mass is 9.97. The van der Waals surface area contributed by atoms with Crippen LogP contribution in [0.15, 0.2) is 40.5 Å². The van der Waals surface area contributed by atoms with Gasteiger partial charge in [0.15, 0.2) is 5.82 Å². The van der Waals surface area contributed by atoms with E-state index < -0.39 is 0 Å². The van der Waals surface area contributed by atoms with Gasteiger partial charge in [-0.15, -0.1) is 11.3 Å². The van der Waals surface area contributed by atoms with E-state index in [1.54, 1.807) is 23.9 Å². The third kappa shape index (κ3) is 2.97. The van der Waals surface area contributed by atoms with Crippen LogP contribution >= 0.6 is 11.3 Å². The molecule has 1 aliphatic carbocycles. The Morgan fingerprint density at radius 1 is 1.21 bits per heavy atom. The molecule has 0 bridgehead atoms. The number of aromatic amines is 1. The van der Waals surface area contributed by atoms with Crippen LogP contribution in [0.4, 0.5) is 5.82 Å². The maximum Gasteiger partial charge on any atom is 0.257 e. The molecule has 7 heteroatoms. The lowest BCUT2D eigenvalue weighted by Crippen LogP contribution is -2.12. The minimum Gasteiger partial charge on any atom is -0.321 e. The second-order valence-electron chi connectivity index (χ2n) is 7.13. The number of fused-ring (bicyclic) bond motifs is 4. The Morgan fingerprint density at radius 2 is 2.11 bits per heavy atom. The van der Waals surface area contributed by atoms with E-state index in [-0.39, 0.29) is 5.56 Å². The van der Waals surface area contributed by atoms with Crippen LogP contribution in [0.3, 0.4) is 0 Å². The molecule has 0 aliphatic heterocycles. The summed E-state index contributed by atoms with van der Waals surface area (Å²) >= 11 is 1.75. The minimum absolute atomic E-state index is 0.164. The van der Waals surface area contributed by atoms with E-state index in [1.807, 2.05) is 31.2 Å². The summed E-state index contributed by atoms with van der Waals surface area (Å²) in [4.78, 5) is 26.5. The molecule has 0 fully saturated rings. The number of H-pyrrole nitrogens is 1. The Morgan fingerprint density at radius 3 is 3.04 bits per heavy atom. The van der Waals surface area contributed by atoms with Crippen molar-refractivity contribution in [2.45, 2.75) is 32.6 Å². The van der Waals surface area contributed by atoms with Crippen molar-refractivity contribution >= 4 is 44.5 Å². The number of thiophene rings is 1. The van der Waals surface area contributed by atoms with Gasteiger partial charge in [-0.25, -0.2) is 9.97 Å². The molecule has 0 saturated heterocycles. The number of nitrogens with one attached hydrogen (secondary N) is 2. The van der Waals surface area contributed by atoms with Crippen LogP contribution in [0.1, 0.15) is 34.4 Å². The molecule has 5 rings (SSSR count). The summed E-state index contributed by atoms with van der Waals surface area (Å²) in [5.41, 5.74) is 6.69. The molecular formula is C21H19N5OS. The molecule has 0 radical (unpaired) electrons. The van der Waals surface area contributed by atoms with E-state index in [0.29, 0.717) is 11.4 Å². The summed E-state index contributed by atoms with van der Waals surface area (Å²) in [6.45, 7) is 2.03. The Hall–Kier alpha value is -3.06. The number of nitrogens with zero attached hydrogens (tertiary/aromatic N) is 3. The van der Waals surface area contributed by atoms with Gasteiger partial charge in [0.05, 0.1) is 17.2 Å². The first-order chi connectivity index (χ1) is 13.7. The highest BCUT2D eigenvalue weighted by atomic mass is 32.1. The van der Waals surface area contributed by atoms with Crippen LogP contribution < -0.4 is 11.0 Å². The van der Waals surface area contributed by atoms with Crippen LogP contribution in [0.5, 0.6) is 0 Å². The summed E-state index contributed by atoms with van der Waals surface area (Å²) in [5.74, 6) is 0.703. The number of anilines is 1. The summed E-state index contributed by atoms with van der Waals surface area (Å²) in [7, 11) is 0. The first-order valence-electron chi connectivity index (χ1n) is 9.37. The van der Waals surface area contributed by atoms with Gasteiger partial charge in [-0.2, -0.15) is 5.10 Å². The first kappa shape index (κ1) is 17.1. The fourth-order valence-electron chi connectivity index (χ4n) is 3.78. The Balaban J connectivity index is 1.49. The number of aryl methyl sites for hydroxylation is 3. The molecule has 4 aromatic rings. The van der Waals surface area contributed by atoms with Gasteiger partial charge in [0.2, 0.25) is 0 Å². The quantitative estimate of drug-likeness (QED) is 0.407. The van der Waals surface area contributed by atoms with Crippen molar-refractivity contribution in [2.75, 3.05) is 5.43 Å². The van der Waals surface area contributed by atoms with Crippen molar-refractivity contribution in [1.29, 1.82) is 0 Å². The van der Waals surface area contributed by atoms with Gasteiger partial charge >= 0.3 is 0 Å². The molecule has 0 unspecified atom stereocenters. The average molecular weight is 389 g/mol. The molecule has 0 amide bonds. The molecule has 1 aliphatic rings. The Labute approximate surface area is 165 Å². The fraction of sp³-hybridized carbons (Fsp3) is 0.238. The molecule has 0 spiro atoms. The van der Waals surface area contributed by atoms with Crippen molar-refractivity contribution < 1.29 is 0 Å². The van der Waals surface area contributed by atoms with Crippen molar-refractivity contribution in [2.24, 2.45) is 5.10 Å². The molecule has 0 atom stereocenters. The van der Waals surface area contributed by atoms with Crippen molar-refractivity contribution in [3.63, 3.8) is 0 Å². The average Bonchev–Trinajstić information content (AvgIpc) is 3.08. The maximum atomic E-state index is 12.3. The topological polar surface area (TPSA) is 83.0 Å². The fourth-order valence-corrected chi connectivity index (χ4v) is 5.01. The highest BCUT2D eigenvalue weighted by Gasteiger charge is 2.19. The van der Waals surface area contributed by atoms with Gasteiger partial charge in [0.25, 0.3) is 5.56 Å². The largest absolute Gasteiger partial charge is 0.321 e. The van der Waals surface area contributed by atoms with Crippen molar-refractivity contribution in [3.8, 4) is 0 Å². The van der Waals surface area contributed by atoms with E-state index in [4.69, 9.17) is 0 Å². The SMILES string of the molecule is Cc1ccc2[nH]c(=O)c(/C=N/Nc3ncnc4sc5c(c34)CCCC5)cc2c1. The number of hydrogen-bond donors (Lipinski definition) is 2. The molecule has 6 nitrogen and oxygen atoms in total. The van der Waals surface area contributed by atoms with Gasteiger partial charge in [-0.1, -0.05) is 11.6 Å². The van der Waals surface area contributed by atoms with Gasteiger partial charge in [-0.05, 0) is 61.8 Å². The predicted molar refractivity (Wildman–Crippen MR) is 115 cm³/mol. The molecule has 3 aromatic heterocycles. The molecule has 28 heavy (non-hydrogen) atoms. The van der Waals surface area contributed by atoms with E-state index in [0.717, 1.165) is 39.5 Å². The van der Waals surface area contributed by atoms with Crippen molar-refractivity contribution in [1.82, 2.24) is 15.0 Å². The predicted octanol–water partition coefficient (Wildman–Crippen LogP) is 4.17. The third-order valence-corrected chi connectivity index (χ3v) is 6.35. The lowest BCUT2D eigenvalue weighted by molar-refractivity contribution is 0.700. The smallest absolute Gasteiger partial charge is 0.257 e. The molecule has 3 heterocycles. The van der Waals surface area contributed by atoms with Crippen LogP contribution in [0.2, 0.25) is 0 Å². The summed E-state index contributed by atoms with van der Waals surface area (Å²) in [5, 5.41) is 6.36. The standard InChI is InChI=1S/C21H19N5OS/c1-12-6-7-16-13(8-12)9-14(20(27)25-16)10-24-26-19-18-15-4-2-3-5-17(15)28-21(18)23-11-22-19/h6-11H,2-5H2,1H3,(H,25,27)(H,22,23,26)/b24-10+. The van der Waals surface area contributed by atoms with Crippen LogP contribution in [0.25, 0.3) is 21.1 Å². The molecule has 0 saturated carbocycles. The normalized spacial score (nSPS) is 14.0. The van der Waals surface area contributed by atoms with Crippen LogP contribution in [0, 0.1) is 6.92 Å². The number of benzene rings is 1. The van der Waals surface area contributed by atoms with Gasteiger partial charge in [0, 0.05) is 10.4 Å². The number of hydrogen-bond acceptors (Lipinski definition) is 6. The van der Waals surface area contributed by atoms with E-state index >= 15 is 0 Å². The number of pyridine rings is 1. The second kappa shape index (κ2) is 6.83. The Kier molecular flexibility index (Phi) is 4.16. The maximum absolute atomic E-state index is 12.3. The monoisotopic (exact) mass is 389 g/mol. The zero-order valence-corrected chi connectivity index (χ0v) is 16.3. The first-order valence-corrected chi connectivity index (χ1v) is 10.2. The Bertz CT molecular complexity index is 1290. The van der Waals surface area contributed by atoms with Gasteiger partial charge in [0.1, 0.15) is 11.2 Å². The lowest BCUT2D eigenvalue weighted by Gasteiger charge is -2.11. The summed E-state index contributed by atoms with van der Waals surface area (Å²) in [6, 6.07) is 7.80. The number of hydrazone groups is 1. The van der Waals surface area contributed by atoms with Crippen molar-refractivity contribution in [3.05, 3.63) is 62.5 Å². The highest BCUT2D eigenvalue weighted by Crippen LogP contribution is 2.38. The minimum atomic E-state index is -0.164. The summed E-state index contributed by atoms with van der Waals surface area (Å²) in [6.07, 6.45) is 7.72. The highest BCUT2D eigenvalue weighted by molar-refractivity contribution is 7.19. The zero-order valence-electron chi connectivity index (χ0n) is 15.5. The molecular weight excluding hydrogens is 370 g/mol. The zero-order chi connectivity index (χ0) is 19.1. The number of rotatable bonds is 3. The van der Waals surface area contributed by atoms with E-state index in [9.17, 15) is 4.79 Å². The molecule has 140 valence electrons.